The topological polar surface area (TPSA) is 55.6 Å². The molecule has 3 rings (SSSR count). The van der Waals surface area contributed by atoms with E-state index in [1.54, 1.807) is 0 Å². The van der Waals surface area contributed by atoms with E-state index in [-0.39, 0.29) is 17.9 Å². The highest BCUT2D eigenvalue weighted by atomic mass is 16.5. The van der Waals surface area contributed by atoms with Crippen molar-refractivity contribution >= 4 is 11.6 Å². The molecule has 1 aromatic rings. The first-order valence-electron chi connectivity index (χ1n) is 8.06. The second-order valence-corrected chi connectivity index (χ2v) is 6.07. The van der Waals surface area contributed by atoms with Crippen LogP contribution in [0.25, 0.3) is 0 Å². The molecule has 1 aromatic carbocycles. The molecule has 2 atom stereocenters. The number of nitrogens with two attached hydrogens (primary N) is 1. The monoisotopic (exact) mass is 288 g/mol. The molecule has 0 bridgehead atoms. The zero-order valence-electron chi connectivity index (χ0n) is 12.5. The Balaban J connectivity index is 1.86. The second-order valence-electron chi connectivity index (χ2n) is 6.07. The van der Waals surface area contributed by atoms with Crippen molar-refractivity contribution in [3.63, 3.8) is 0 Å². The van der Waals surface area contributed by atoms with E-state index in [0.717, 1.165) is 50.1 Å². The predicted molar refractivity (Wildman–Crippen MR) is 83.5 cm³/mol. The number of ether oxygens (including phenoxy) is 1. The van der Waals surface area contributed by atoms with Gasteiger partial charge < -0.3 is 15.4 Å². The van der Waals surface area contributed by atoms with Crippen molar-refractivity contribution in [1.82, 2.24) is 0 Å². The summed E-state index contributed by atoms with van der Waals surface area (Å²) in [7, 11) is 0. The molecule has 0 aromatic heterocycles. The fourth-order valence-electron chi connectivity index (χ4n) is 3.40. The standard InChI is InChI=1S/C17H24N2O2/c18-14-8-3-1-2-7-13(14)17(20)19-11-6-12-21-16-10-5-4-9-15(16)19/h4-5,9-10,13-14H,1-3,6-8,11-12,18H2. The van der Waals surface area contributed by atoms with Crippen molar-refractivity contribution in [3.05, 3.63) is 24.3 Å². The largest absolute Gasteiger partial charge is 0.491 e. The van der Waals surface area contributed by atoms with E-state index in [4.69, 9.17) is 10.5 Å². The van der Waals surface area contributed by atoms with Gasteiger partial charge in [-0.1, -0.05) is 31.4 Å². The van der Waals surface area contributed by atoms with Gasteiger partial charge in [-0.15, -0.1) is 0 Å². The Hall–Kier alpha value is -1.55. The molecule has 2 N–H and O–H groups in total. The summed E-state index contributed by atoms with van der Waals surface area (Å²) in [6.45, 7) is 1.39. The van der Waals surface area contributed by atoms with E-state index < -0.39 is 0 Å². The molecule has 0 saturated heterocycles. The van der Waals surface area contributed by atoms with Crippen molar-refractivity contribution in [2.75, 3.05) is 18.1 Å². The van der Waals surface area contributed by atoms with Crippen LogP contribution in [0.5, 0.6) is 5.75 Å². The Bertz CT molecular complexity index is 503. The molecular formula is C17H24N2O2. The summed E-state index contributed by atoms with van der Waals surface area (Å²) in [4.78, 5) is 14.9. The molecule has 1 heterocycles. The van der Waals surface area contributed by atoms with Gasteiger partial charge in [-0.2, -0.15) is 0 Å². The van der Waals surface area contributed by atoms with Gasteiger partial charge in [0.25, 0.3) is 0 Å². The molecule has 0 spiro atoms. The number of benzene rings is 1. The van der Waals surface area contributed by atoms with Crippen molar-refractivity contribution in [2.45, 2.75) is 44.6 Å². The van der Waals surface area contributed by atoms with E-state index in [1.807, 2.05) is 29.2 Å². The van der Waals surface area contributed by atoms with E-state index >= 15 is 0 Å². The molecule has 21 heavy (non-hydrogen) atoms. The number of nitrogens with zero attached hydrogens (tertiary/aromatic N) is 1. The molecule has 4 nitrogen and oxygen atoms in total. The van der Waals surface area contributed by atoms with Gasteiger partial charge in [0.15, 0.2) is 0 Å². The van der Waals surface area contributed by atoms with Gasteiger partial charge in [-0.05, 0) is 31.4 Å². The summed E-state index contributed by atoms with van der Waals surface area (Å²) < 4.78 is 5.74. The van der Waals surface area contributed by atoms with Gasteiger partial charge in [0.2, 0.25) is 5.91 Å². The summed E-state index contributed by atoms with van der Waals surface area (Å²) in [5, 5.41) is 0. The molecule has 1 fully saturated rings. The summed E-state index contributed by atoms with van der Waals surface area (Å²) in [6, 6.07) is 7.82. The molecule has 114 valence electrons. The third kappa shape index (κ3) is 3.05. The van der Waals surface area contributed by atoms with E-state index in [2.05, 4.69) is 0 Å². The molecule has 1 aliphatic carbocycles. The zero-order chi connectivity index (χ0) is 14.7. The average Bonchev–Trinajstić information content (AvgIpc) is 2.84. The van der Waals surface area contributed by atoms with Gasteiger partial charge in [-0.3, -0.25) is 4.79 Å². The van der Waals surface area contributed by atoms with Crippen LogP contribution in [0.4, 0.5) is 5.69 Å². The van der Waals surface area contributed by atoms with Crippen molar-refractivity contribution < 1.29 is 9.53 Å². The smallest absolute Gasteiger partial charge is 0.231 e. The number of carbonyl (C=O) groups excluding carboxylic acids is 1. The number of para-hydroxylation sites is 2. The molecule has 2 unspecified atom stereocenters. The number of anilines is 1. The van der Waals surface area contributed by atoms with E-state index in [9.17, 15) is 4.79 Å². The maximum Gasteiger partial charge on any atom is 0.231 e. The van der Waals surface area contributed by atoms with Crippen molar-refractivity contribution in [2.24, 2.45) is 11.7 Å². The van der Waals surface area contributed by atoms with Gasteiger partial charge in [-0.25, -0.2) is 0 Å². The molecule has 1 aliphatic heterocycles. The third-order valence-electron chi connectivity index (χ3n) is 4.59. The summed E-state index contributed by atoms with van der Waals surface area (Å²) >= 11 is 0. The minimum Gasteiger partial charge on any atom is -0.491 e. The third-order valence-corrected chi connectivity index (χ3v) is 4.59. The first kappa shape index (κ1) is 14.4. The van der Waals surface area contributed by atoms with Crippen LogP contribution in [-0.2, 0) is 4.79 Å². The van der Waals surface area contributed by atoms with E-state index in [0.29, 0.717) is 6.61 Å². The number of hydrogen-bond donors (Lipinski definition) is 1. The minimum atomic E-state index is -0.0429. The van der Waals surface area contributed by atoms with Gasteiger partial charge in [0.05, 0.1) is 18.2 Å². The number of amides is 1. The second kappa shape index (κ2) is 6.48. The number of carbonyl (C=O) groups is 1. The highest BCUT2D eigenvalue weighted by Gasteiger charge is 2.32. The van der Waals surface area contributed by atoms with Crippen molar-refractivity contribution in [1.29, 1.82) is 0 Å². The summed E-state index contributed by atoms with van der Waals surface area (Å²) in [6.07, 6.45) is 6.18. The first-order chi connectivity index (χ1) is 10.3. The Morgan fingerprint density at radius 1 is 1.14 bits per heavy atom. The fourth-order valence-corrected chi connectivity index (χ4v) is 3.40. The molecule has 1 amide bonds. The predicted octanol–water partition coefficient (Wildman–Crippen LogP) is 2.71. The number of hydrogen-bond acceptors (Lipinski definition) is 3. The Labute approximate surface area is 126 Å². The van der Waals surface area contributed by atoms with Crippen LogP contribution < -0.4 is 15.4 Å². The van der Waals surface area contributed by atoms with Crippen LogP contribution >= 0.6 is 0 Å². The SMILES string of the molecule is NC1CCCCCC1C(=O)N1CCCOc2ccccc21. The lowest BCUT2D eigenvalue weighted by atomic mass is 9.93. The quantitative estimate of drug-likeness (QED) is 0.808. The molecule has 2 aliphatic rings. The van der Waals surface area contributed by atoms with E-state index in [1.165, 1.54) is 6.42 Å². The lowest BCUT2D eigenvalue weighted by Crippen LogP contribution is -2.44. The molecular weight excluding hydrogens is 264 g/mol. The van der Waals surface area contributed by atoms with Crippen LogP contribution in [0.2, 0.25) is 0 Å². The Morgan fingerprint density at radius 2 is 1.95 bits per heavy atom. The maximum absolute atomic E-state index is 13.0. The molecule has 4 heteroatoms. The average molecular weight is 288 g/mol. The van der Waals surface area contributed by atoms with Crippen LogP contribution in [0.15, 0.2) is 24.3 Å². The van der Waals surface area contributed by atoms with Crippen LogP contribution in [0.3, 0.4) is 0 Å². The molecule has 0 radical (unpaired) electrons. The highest BCUT2D eigenvalue weighted by molar-refractivity contribution is 5.97. The Morgan fingerprint density at radius 3 is 2.86 bits per heavy atom. The maximum atomic E-state index is 13.0. The minimum absolute atomic E-state index is 0.00339. The fraction of sp³-hybridized carbons (Fsp3) is 0.588. The van der Waals surface area contributed by atoms with Crippen molar-refractivity contribution in [3.8, 4) is 5.75 Å². The van der Waals surface area contributed by atoms with Crippen LogP contribution in [0.1, 0.15) is 38.5 Å². The highest BCUT2D eigenvalue weighted by Crippen LogP contribution is 2.33. The van der Waals surface area contributed by atoms with Gasteiger partial charge in [0.1, 0.15) is 5.75 Å². The van der Waals surface area contributed by atoms with Gasteiger partial charge in [0, 0.05) is 12.6 Å². The lowest BCUT2D eigenvalue weighted by molar-refractivity contribution is -0.123. The number of fused-ring (bicyclic) bond motifs is 1. The summed E-state index contributed by atoms with van der Waals surface area (Å²) in [5.74, 6) is 0.951. The first-order valence-corrected chi connectivity index (χ1v) is 8.06. The Kier molecular flexibility index (Phi) is 4.44. The lowest BCUT2D eigenvalue weighted by Gasteiger charge is -2.29. The van der Waals surface area contributed by atoms with Crippen LogP contribution in [-0.4, -0.2) is 25.1 Å². The van der Waals surface area contributed by atoms with Crippen LogP contribution in [0, 0.1) is 5.92 Å². The zero-order valence-corrected chi connectivity index (χ0v) is 12.5. The number of rotatable bonds is 1. The molecule has 1 saturated carbocycles. The normalized spacial score (nSPS) is 26.2. The summed E-state index contributed by atoms with van der Waals surface area (Å²) in [5.41, 5.74) is 7.17. The van der Waals surface area contributed by atoms with Gasteiger partial charge >= 0.3 is 0 Å².